The van der Waals surface area contributed by atoms with Crippen molar-refractivity contribution >= 4 is 17.5 Å². The van der Waals surface area contributed by atoms with Gasteiger partial charge in [-0.3, -0.25) is 5.32 Å². The summed E-state index contributed by atoms with van der Waals surface area (Å²) in [5.41, 5.74) is 2.22. The first-order valence-corrected chi connectivity index (χ1v) is 8.75. The summed E-state index contributed by atoms with van der Waals surface area (Å²) >= 11 is 0. The molecule has 3 rings (SSSR count). The predicted molar refractivity (Wildman–Crippen MR) is 108 cm³/mol. The molecular weight excluding hydrogens is 340 g/mol. The maximum absolute atomic E-state index is 12.6. The summed E-state index contributed by atoms with van der Waals surface area (Å²) in [6, 6.07) is 18.5. The molecule has 0 unspecified atom stereocenters. The van der Waals surface area contributed by atoms with E-state index in [9.17, 15) is 4.79 Å². The highest BCUT2D eigenvalue weighted by atomic mass is 16.5. The predicted octanol–water partition coefficient (Wildman–Crippen LogP) is 4.82. The van der Waals surface area contributed by atoms with E-state index in [0.717, 1.165) is 11.4 Å². The Morgan fingerprint density at radius 2 is 1.67 bits per heavy atom. The Bertz CT molecular complexity index is 927. The van der Waals surface area contributed by atoms with Gasteiger partial charge in [0.1, 0.15) is 11.6 Å². The zero-order valence-corrected chi connectivity index (χ0v) is 16.0. The minimum Gasteiger partial charge on any atom is -0.495 e. The number of urea groups is 1. The molecule has 0 bridgehead atoms. The molecule has 2 N–H and O–H groups in total. The van der Waals surface area contributed by atoms with Crippen molar-refractivity contribution in [3.8, 4) is 11.4 Å². The van der Waals surface area contributed by atoms with Gasteiger partial charge in [0.05, 0.1) is 24.2 Å². The quantitative estimate of drug-likeness (QED) is 0.697. The molecule has 0 aliphatic carbocycles. The standard InChI is InChI=1S/C21H24N4O2/c1-21(2,3)18-14-19(25(24-18)15-10-6-5-7-11-15)23-20(26)22-16-12-8-9-13-17(16)27-4/h5-14H,1-4H3,(H2,22,23,26). The SMILES string of the molecule is COc1ccccc1NC(=O)Nc1cc(C(C)(C)C)nn1-c1ccccc1. The summed E-state index contributed by atoms with van der Waals surface area (Å²) in [5, 5.41) is 10.4. The van der Waals surface area contributed by atoms with E-state index in [-0.39, 0.29) is 11.4 Å². The van der Waals surface area contributed by atoms with Crippen molar-refractivity contribution in [2.45, 2.75) is 26.2 Å². The summed E-state index contributed by atoms with van der Waals surface area (Å²) in [4.78, 5) is 12.6. The maximum Gasteiger partial charge on any atom is 0.324 e. The van der Waals surface area contributed by atoms with Crippen molar-refractivity contribution in [3.05, 3.63) is 66.4 Å². The fourth-order valence-corrected chi connectivity index (χ4v) is 2.62. The molecule has 6 heteroatoms. The normalized spacial score (nSPS) is 11.1. The molecule has 140 valence electrons. The van der Waals surface area contributed by atoms with Gasteiger partial charge in [-0.1, -0.05) is 51.1 Å². The Balaban J connectivity index is 1.89. The number of hydrogen-bond donors (Lipinski definition) is 2. The number of para-hydroxylation sites is 3. The lowest BCUT2D eigenvalue weighted by Gasteiger charge is -2.14. The number of ether oxygens (including phenoxy) is 1. The number of aromatic nitrogens is 2. The fraction of sp³-hybridized carbons (Fsp3) is 0.238. The summed E-state index contributed by atoms with van der Waals surface area (Å²) in [5.74, 6) is 1.19. The summed E-state index contributed by atoms with van der Waals surface area (Å²) in [6.45, 7) is 6.26. The molecule has 6 nitrogen and oxygen atoms in total. The first-order chi connectivity index (χ1) is 12.9. The van der Waals surface area contributed by atoms with E-state index in [1.165, 1.54) is 0 Å². The van der Waals surface area contributed by atoms with Crippen LogP contribution in [0.15, 0.2) is 60.7 Å². The third kappa shape index (κ3) is 4.28. The molecule has 1 aromatic heterocycles. The maximum atomic E-state index is 12.6. The van der Waals surface area contributed by atoms with Gasteiger partial charge in [-0.2, -0.15) is 5.10 Å². The van der Waals surface area contributed by atoms with E-state index in [2.05, 4.69) is 31.4 Å². The molecule has 0 aliphatic heterocycles. The van der Waals surface area contributed by atoms with Crippen LogP contribution in [0.25, 0.3) is 5.69 Å². The minimum absolute atomic E-state index is 0.143. The van der Waals surface area contributed by atoms with Gasteiger partial charge in [0.25, 0.3) is 0 Å². The third-order valence-corrected chi connectivity index (χ3v) is 4.08. The minimum atomic E-state index is -0.364. The average Bonchev–Trinajstić information content (AvgIpc) is 3.07. The number of carbonyl (C=O) groups excluding carboxylic acids is 1. The Hall–Kier alpha value is -3.28. The summed E-state index contributed by atoms with van der Waals surface area (Å²) < 4.78 is 7.02. The third-order valence-electron chi connectivity index (χ3n) is 4.08. The first-order valence-electron chi connectivity index (χ1n) is 8.75. The summed E-state index contributed by atoms with van der Waals surface area (Å²) in [7, 11) is 1.57. The number of carbonyl (C=O) groups is 1. The lowest BCUT2D eigenvalue weighted by molar-refractivity contribution is 0.262. The highest BCUT2D eigenvalue weighted by Crippen LogP contribution is 2.27. The van der Waals surface area contributed by atoms with Gasteiger partial charge in [0.15, 0.2) is 0 Å². The second-order valence-corrected chi connectivity index (χ2v) is 7.19. The molecule has 1 heterocycles. The number of amides is 2. The van der Waals surface area contributed by atoms with E-state index < -0.39 is 0 Å². The van der Waals surface area contributed by atoms with Crippen LogP contribution in [0.2, 0.25) is 0 Å². The van der Waals surface area contributed by atoms with E-state index >= 15 is 0 Å². The Labute approximate surface area is 159 Å². The molecule has 2 amide bonds. The van der Waals surface area contributed by atoms with E-state index in [1.54, 1.807) is 23.9 Å². The van der Waals surface area contributed by atoms with Gasteiger partial charge in [-0.25, -0.2) is 9.48 Å². The van der Waals surface area contributed by atoms with Crippen LogP contribution in [0.3, 0.4) is 0 Å². The smallest absolute Gasteiger partial charge is 0.324 e. The monoisotopic (exact) mass is 364 g/mol. The van der Waals surface area contributed by atoms with Crippen LogP contribution >= 0.6 is 0 Å². The second kappa shape index (κ2) is 7.53. The van der Waals surface area contributed by atoms with Crippen molar-refractivity contribution < 1.29 is 9.53 Å². The number of methoxy groups -OCH3 is 1. The number of anilines is 2. The number of hydrogen-bond acceptors (Lipinski definition) is 3. The van der Waals surface area contributed by atoms with Crippen molar-refractivity contribution in [2.24, 2.45) is 0 Å². The Morgan fingerprint density at radius 3 is 2.33 bits per heavy atom. The lowest BCUT2D eigenvalue weighted by Crippen LogP contribution is -2.21. The number of benzene rings is 2. The number of nitrogens with zero attached hydrogens (tertiary/aromatic N) is 2. The molecule has 0 radical (unpaired) electrons. The van der Waals surface area contributed by atoms with Gasteiger partial charge in [0.2, 0.25) is 0 Å². The van der Waals surface area contributed by atoms with Crippen LogP contribution in [-0.4, -0.2) is 22.9 Å². The first kappa shape index (κ1) is 18.5. The molecule has 2 aromatic carbocycles. The Kier molecular flexibility index (Phi) is 5.16. The van der Waals surface area contributed by atoms with Crippen LogP contribution < -0.4 is 15.4 Å². The fourth-order valence-electron chi connectivity index (χ4n) is 2.62. The zero-order chi connectivity index (χ0) is 19.4. The Morgan fingerprint density at radius 1 is 1.00 bits per heavy atom. The van der Waals surface area contributed by atoms with Crippen molar-refractivity contribution in [2.75, 3.05) is 17.7 Å². The van der Waals surface area contributed by atoms with Gasteiger partial charge < -0.3 is 10.1 Å². The van der Waals surface area contributed by atoms with Crippen LogP contribution in [0.1, 0.15) is 26.5 Å². The number of rotatable bonds is 4. The molecule has 27 heavy (non-hydrogen) atoms. The second-order valence-electron chi connectivity index (χ2n) is 7.19. The molecule has 0 fully saturated rings. The summed E-state index contributed by atoms with van der Waals surface area (Å²) in [6.07, 6.45) is 0. The van der Waals surface area contributed by atoms with E-state index in [1.807, 2.05) is 48.5 Å². The van der Waals surface area contributed by atoms with E-state index in [0.29, 0.717) is 17.3 Å². The van der Waals surface area contributed by atoms with Crippen LogP contribution in [0.4, 0.5) is 16.3 Å². The van der Waals surface area contributed by atoms with Gasteiger partial charge in [0, 0.05) is 11.5 Å². The van der Waals surface area contributed by atoms with Gasteiger partial charge in [-0.15, -0.1) is 0 Å². The molecule has 0 saturated carbocycles. The van der Waals surface area contributed by atoms with Gasteiger partial charge in [-0.05, 0) is 24.3 Å². The van der Waals surface area contributed by atoms with Crippen molar-refractivity contribution in [1.29, 1.82) is 0 Å². The van der Waals surface area contributed by atoms with Crippen molar-refractivity contribution in [1.82, 2.24) is 9.78 Å². The van der Waals surface area contributed by atoms with Crippen molar-refractivity contribution in [3.63, 3.8) is 0 Å². The molecule has 0 saturated heterocycles. The van der Waals surface area contributed by atoms with Crippen LogP contribution in [-0.2, 0) is 5.41 Å². The highest BCUT2D eigenvalue weighted by molar-refractivity contribution is 6.00. The number of nitrogens with one attached hydrogen (secondary N) is 2. The van der Waals surface area contributed by atoms with Crippen LogP contribution in [0.5, 0.6) is 5.75 Å². The lowest BCUT2D eigenvalue weighted by atomic mass is 9.92. The molecule has 0 atom stereocenters. The topological polar surface area (TPSA) is 68.2 Å². The van der Waals surface area contributed by atoms with Crippen LogP contribution in [0, 0.1) is 0 Å². The van der Waals surface area contributed by atoms with Gasteiger partial charge >= 0.3 is 6.03 Å². The molecular formula is C21H24N4O2. The zero-order valence-electron chi connectivity index (χ0n) is 16.0. The molecule has 0 aliphatic rings. The highest BCUT2D eigenvalue weighted by Gasteiger charge is 2.21. The largest absolute Gasteiger partial charge is 0.495 e. The average molecular weight is 364 g/mol. The van der Waals surface area contributed by atoms with E-state index in [4.69, 9.17) is 9.84 Å². The molecule has 0 spiro atoms. The molecule has 3 aromatic rings.